The summed E-state index contributed by atoms with van der Waals surface area (Å²) in [7, 11) is 0. The van der Waals surface area contributed by atoms with Crippen LogP contribution in [0.5, 0.6) is 0 Å². The molecule has 5 heteroatoms. The first-order valence-corrected chi connectivity index (χ1v) is 2.62. The van der Waals surface area contributed by atoms with Crippen molar-refractivity contribution in [3.8, 4) is 0 Å². The third-order valence-electron chi connectivity index (χ3n) is 1.20. The smallest absolute Gasteiger partial charge is 0.129 e. The molecule has 0 heterocycles. The van der Waals surface area contributed by atoms with Crippen LogP contribution in [-0.4, -0.2) is 11.0 Å². The molecule has 1 aromatic rings. The van der Waals surface area contributed by atoms with E-state index in [1.807, 2.05) is 0 Å². The number of halogens is 2. The van der Waals surface area contributed by atoms with Crippen molar-refractivity contribution in [2.75, 3.05) is 0 Å². The molecule has 0 aromatic heterocycles. The molecule has 0 aliphatic carbocycles. The summed E-state index contributed by atoms with van der Waals surface area (Å²) in [6, 6.07) is 3.81. The Labute approximate surface area is 69.2 Å². The first kappa shape index (κ1) is 17.2. The molecule has 0 saturated carbocycles. The van der Waals surface area contributed by atoms with Crippen LogP contribution >= 0.6 is 0 Å². The molecule has 72 valence electrons. The van der Waals surface area contributed by atoms with Crippen LogP contribution in [-0.2, 0) is 0 Å². The molecule has 0 saturated heterocycles. The summed E-state index contributed by atoms with van der Waals surface area (Å²) in [5.74, 6) is -0.981. The van der Waals surface area contributed by atoms with Crippen LogP contribution in [0.25, 0.3) is 0 Å². The molecule has 0 unspecified atom stereocenters. The van der Waals surface area contributed by atoms with Gasteiger partial charge in [0.05, 0.1) is 0 Å². The van der Waals surface area contributed by atoms with E-state index in [0.29, 0.717) is 0 Å². The van der Waals surface area contributed by atoms with E-state index in [1.54, 1.807) is 0 Å². The lowest BCUT2D eigenvalue weighted by atomic mass is 10.2. The van der Waals surface area contributed by atoms with E-state index in [1.165, 1.54) is 25.1 Å². The van der Waals surface area contributed by atoms with Gasteiger partial charge in [0.1, 0.15) is 11.6 Å². The van der Waals surface area contributed by atoms with Gasteiger partial charge in [-0.05, 0) is 19.1 Å². The van der Waals surface area contributed by atoms with Crippen LogP contribution in [0.15, 0.2) is 18.2 Å². The molecule has 7 N–H and O–H groups in total. The van der Waals surface area contributed by atoms with Crippen molar-refractivity contribution in [2.45, 2.75) is 6.92 Å². The van der Waals surface area contributed by atoms with Gasteiger partial charge in [0.25, 0.3) is 0 Å². The molecule has 1 aromatic carbocycles. The second-order valence-corrected chi connectivity index (χ2v) is 1.85. The van der Waals surface area contributed by atoms with Crippen molar-refractivity contribution < 1.29 is 19.7 Å². The first-order valence-electron chi connectivity index (χ1n) is 2.62. The molecular weight excluding hydrogens is 168 g/mol. The van der Waals surface area contributed by atoms with Gasteiger partial charge < -0.3 is 17.1 Å². The Balaban J connectivity index is -0.000000270. The number of hydrogen-bond donors (Lipinski definition) is 1. The van der Waals surface area contributed by atoms with Gasteiger partial charge in [0.2, 0.25) is 0 Å². The van der Waals surface area contributed by atoms with Crippen molar-refractivity contribution >= 4 is 0 Å². The average molecular weight is 181 g/mol. The van der Waals surface area contributed by atoms with Crippen molar-refractivity contribution in [2.24, 2.45) is 0 Å². The Kier molecular flexibility index (Phi) is 9.52. The normalized spacial score (nSPS) is 7.25. The van der Waals surface area contributed by atoms with Crippen LogP contribution in [0.1, 0.15) is 5.56 Å². The van der Waals surface area contributed by atoms with Gasteiger partial charge in [0, 0.05) is 5.56 Å². The molecule has 1 rings (SSSR count). The van der Waals surface area contributed by atoms with Crippen LogP contribution in [0.3, 0.4) is 0 Å². The van der Waals surface area contributed by atoms with Gasteiger partial charge in [-0.15, -0.1) is 0 Å². The highest BCUT2D eigenvalue weighted by Gasteiger charge is 1.99. The summed E-state index contributed by atoms with van der Waals surface area (Å²) in [5, 5.41) is 0. The van der Waals surface area contributed by atoms with E-state index < -0.39 is 11.6 Å². The molecule has 0 atom stereocenters. The van der Waals surface area contributed by atoms with Crippen molar-refractivity contribution in [1.82, 2.24) is 6.15 Å². The Bertz CT molecular complexity index is 210. The lowest BCUT2D eigenvalue weighted by Crippen LogP contribution is -1.85. The molecule has 0 aliphatic heterocycles. The maximum Gasteiger partial charge on any atom is 0.129 e. The predicted octanol–water partition coefficient (Wildman–Crippen LogP) is 0.786. The van der Waals surface area contributed by atoms with E-state index in [-0.39, 0.29) is 22.7 Å². The fraction of sp³-hybridized carbons (Fsp3) is 0.143. The van der Waals surface area contributed by atoms with E-state index in [2.05, 4.69) is 0 Å². The topological polar surface area (TPSA) is 98.0 Å². The van der Waals surface area contributed by atoms with E-state index >= 15 is 0 Å². The van der Waals surface area contributed by atoms with Crippen LogP contribution < -0.4 is 6.15 Å². The van der Waals surface area contributed by atoms with E-state index in [4.69, 9.17) is 0 Å². The Morgan fingerprint density at radius 3 is 1.58 bits per heavy atom. The maximum absolute atomic E-state index is 12.3. The molecular formula is C7H13F2NO2. The predicted molar refractivity (Wildman–Crippen MR) is 43.3 cm³/mol. The zero-order chi connectivity index (χ0) is 6.85. The third kappa shape index (κ3) is 3.38. The molecule has 0 radical (unpaired) electrons. The molecule has 0 amide bonds. The summed E-state index contributed by atoms with van der Waals surface area (Å²) in [4.78, 5) is 0. The largest absolute Gasteiger partial charge is 0.412 e. The number of benzene rings is 1. The highest BCUT2D eigenvalue weighted by atomic mass is 19.1. The highest BCUT2D eigenvalue weighted by Crippen LogP contribution is 2.08. The minimum Gasteiger partial charge on any atom is -0.412 e. The molecule has 0 fully saturated rings. The molecule has 0 bridgehead atoms. The Morgan fingerprint density at radius 2 is 1.33 bits per heavy atom. The lowest BCUT2D eigenvalue weighted by molar-refractivity contribution is 0.568. The fourth-order valence-corrected chi connectivity index (χ4v) is 0.581. The van der Waals surface area contributed by atoms with Crippen LogP contribution in [0.4, 0.5) is 8.78 Å². The van der Waals surface area contributed by atoms with Gasteiger partial charge in [-0.25, -0.2) is 8.78 Å². The van der Waals surface area contributed by atoms with Gasteiger partial charge in [-0.3, -0.25) is 0 Å². The summed E-state index contributed by atoms with van der Waals surface area (Å²) in [6.07, 6.45) is 0. The van der Waals surface area contributed by atoms with Crippen LogP contribution in [0, 0.1) is 18.6 Å². The Morgan fingerprint density at radius 1 is 1.00 bits per heavy atom. The van der Waals surface area contributed by atoms with Gasteiger partial charge in [-0.2, -0.15) is 0 Å². The zero-order valence-electron chi connectivity index (χ0n) is 6.70. The number of hydrogen-bond acceptors (Lipinski definition) is 1. The SMILES string of the molecule is Cc1c(F)cccc1F.N.O.O. The van der Waals surface area contributed by atoms with Crippen molar-refractivity contribution in [3.63, 3.8) is 0 Å². The number of rotatable bonds is 0. The Hall–Kier alpha value is -1.04. The molecule has 3 nitrogen and oxygen atoms in total. The molecule has 12 heavy (non-hydrogen) atoms. The average Bonchev–Trinajstić information content (AvgIpc) is 1.83. The maximum atomic E-state index is 12.3. The van der Waals surface area contributed by atoms with Crippen molar-refractivity contribution in [1.29, 1.82) is 0 Å². The van der Waals surface area contributed by atoms with E-state index in [9.17, 15) is 8.78 Å². The minimum atomic E-state index is -0.491. The lowest BCUT2D eigenvalue weighted by Gasteiger charge is -1.94. The second kappa shape index (κ2) is 6.66. The summed E-state index contributed by atoms with van der Waals surface area (Å²) >= 11 is 0. The van der Waals surface area contributed by atoms with Crippen LogP contribution in [0.2, 0.25) is 0 Å². The van der Waals surface area contributed by atoms with Gasteiger partial charge in [-0.1, -0.05) is 6.07 Å². The van der Waals surface area contributed by atoms with Gasteiger partial charge in [0.15, 0.2) is 0 Å². The molecule has 0 aliphatic rings. The molecule has 0 spiro atoms. The monoisotopic (exact) mass is 181 g/mol. The quantitative estimate of drug-likeness (QED) is 0.628. The standard InChI is InChI=1S/C7H6F2.H3N.2H2O/c1-5-6(8)3-2-4-7(5)9;;;/h2-4H,1H3;1H3;2*1H2. The van der Waals surface area contributed by atoms with E-state index in [0.717, 1.165) is 0 Å². The summed E-state index contributed by atoms with van der Waals surface area (Å²) in [5.41, 5.74) is 0.0810. The summed E-state index contributed by atoms with van der Waals surface area (Å²) < 4.78 is 24.7. The van der Waals surface area contributed by atoms with Crippen molar-refractivity contribution in [3.05, 3.63) is 35.4 Å². The zero-order valence-corrected chi connectivity index (χ0v) is 6.70. The second-order valence-electron chi connectivity index (χ2n) is 1.85. The minimum absolute atomic E-state index is 0. The third-order valence-corrected chi connectivity index (χ3v) is 1.20. The first-order chi connectivity index (χ1) is 4.22. The fourth-order valence-electron chi connectivity index (χ4n) is 0.581. The summed E-state index contributed by atoms with van der Waals surface area (Å²) in [6.45, 7) is 1.41. The van der Waals surface area contributed by atoms with Gasteiger partial charge >= 0.3 is 0 Å². The highest BCUT2D eigenvalue weighted by molar-refractivity contribution is 5.17.